The highest BCUT2D eigenvalue weighted by atomic mass is 32.1. The molecule has 0 fully saturated rings. The summed E-state index contributed by atoms with van der Waals surface area (Å²) in [5, 5.41) is 0. The molecule has 0 saturated carbocycles. The Labute approximate surface area is 95.9 Å². The molecule has 0 N–H and O–H groups in total. The van der Waals surface area contributed by atoms with Gasteiger partial charge in [-0.05, 0) is 38.8 Å². The lowest BCUT2D eigenvalue weighted by atomic mass is 10.2. The molecule has 0 atom stereocenters. The van der Waals surface area contributed by atoms with E-state index in [1.807, 2.05) is 24.8 Å². The van der Waals surface area contributed by atoms with Crippen LogP contribution in [0.4, 0.5) is 0 Å². The van der Waals surface area contributed by atoms with Crippen LogP contribution in [0.25, 0.3) is 0 Å². The molecule has 1 rings (SSSR count). The van der Waals surface area contributed by atoms with Crippen molar-refractivity contribution in [3.63, 3.8) is 0 Å². The topological polar surface area (TPSA) is 20.3 Å². The van der Waals surface area contributed by atoms with E-state index in [-0.39, 0.29) is 5.91 Å². The van der Waals surface area contributed by atoms with Crippen LogP contribution in [0.5, 0.6) is 0 Å². The summed E-state index contributed by atoms with van der Waals surface area (Å²) in [5.41, 5.74) is 1.25. The third kappa shape index (κ3) is 2.59. The standard InChI is InChI=1S/C12H19NOS/c1-5-10-9(4)8-11(15-10)12(14)13(6-2)7-3/h8H,5-7H2,1-4H3. The van der Waals surface area contributed by atoms with E-state index in [1.165, 1.54) is 10.4 Å². The predicted molar refractivity (Wildman–Crippen MR) is 65.7 cm³/mol. The number of thiophene rings is 1. The third-order valence-electron chi connectivity index (χ3n) is 2.60. The Bertz CT molecular complexity index is 339. The van der Waals surface area contributed by atoms with Crippen molar-refractivity contribution in [3.05, 3.63) is 21.4 Å². The van der Waals surface area contributed by atoms with Gasteiger partial charge in [-0.1, -0.05) is 6.92 Å². The Hall–Kier alpha value is -0.830. The van der Waals surface area contributed by atoms with Crippen molar-refractivity contribution >= 4 is 17.2 Å². The molecule has 84 valence electrons. The lowest BCUT2D eigenvalue weighted by Crippen LogP contribution is -2.29. The first-order valence-electron chi connectivity index (χ1n) is 5.52. The zero-order valence-corrected chi connectivity index (χ0v) is 10.8. The van der Waals surface area contributed by atoms with Crippen molar-refractivity contribution < 1.29 is 4.79 Å². The van der Waals surface area contributed by atoms with Crippen LogP contribution in [-0.2, 0) is 6.42 Å². The highest BCUT2D eigenvalue weighted by Gasteiger charge is 2.15. The van der Waals surface area contributed by atoms with Gasteiger partial charge in [0.1, 0.15) is 0 Å². The molecule has 0 aliphatic carbocycles. The van der Waals surface area contributed by atoms with Gasteiger partial charge in [0.2, 0.25) is 0 Å². The van der Waals surface area contributed by atoms with Gasteiger partial charge in [-0.2, -0.15) is 0 Å². The SMILES string of the molecule is CCc1sc(C(=O)N(CC)CC)cc1C. The number of rotatable bonds is 4. The molecule has 0 saturated heterocycles. The molecular formula is C12H19NOS. The molecule has 0 bridgehead atoms. The summed E-state index contributed by atoms with van der Waals surface area (Å²) in [6.45, 7) is 9.81. The van der Waals surface area contributed by atoms with E-state index < -0.39 is 0 Å². The van der Waals surface area contributed by atoms with Crippen LogP contribution < -0.4 is 0 Å². The lowest BCUT2D eigenvalue weighted by Gasteiger charge is -2.17. The van der Waals surface area contributed by atoms with Crippen molar-refractivity contribution in [2.75, 3.05) is 13.1 Å². The van der Waals surface area contributed by atoms with Crippen LogP contribution in [0, 0.1) is 6.92 Å². The predicted octanol–water partition coefficient (Wildman–Crippen LogP) is 3.10. The monoisotopic (exact) mass is 225 g/mol. The number of aryl methyl sites for hydroxylation is 2. The van der Waals surface area contributed by atoms with E-state index in [2.05, 4.69) is 13.8 Å². The number of nitrogens with zero attached hydrogens (tertiary/aromatic N) is 1. The minimum atomic E-state index is 0.174. The molecule has 1 amide bonds. The molecule has 3 heteroatoms. The molecule has 2 nitrogen and oxygen atoms in total. The summed E-state index contributed by atoms with van der Waals surface area (Å²) < 4.78 is 0. The van der Waals surface area contributed by atoms with Gasteiger partial charge in [0.05, 0.1) is 4.88 Å². The highest BCUT2D eigenvalue weighted by Crippen LogP contribution is 2.23. The Kier molecular flexibility index (Phi) is 4.33. The quantitative estimate of drug-likeness (QED) is 0.771. The minimum absolute atomic E-state index is 0.174. The summed E-state index contributed by atoms with van der Waals surface area (Å²) in [7, 11) is 0. The Balaban J connectivity index is 2.90. The fourth-order valence-corrected chi connectivity index (χ4v) is 2.72. The van der Waals surface area contributed by atoms with E-state index in [9.17, 15) is 4.79 Å². The van der Waals surface area contributed by atoms with Gasteiger partial charge in [0, 0.05) is 18.0 Å². The summed E-state index contributed by atoms with van der Waals surface area (Å²) >= 11 is 1.64. The fraction of sp³-hybridized carbons (Fsp3) is 0.583. The first-order valence-corrected chi connectivity index (χ1v) is 6.34. The maximum absolute atomic E-state index is 12.0. The molecule has 0 radical (unpaired) electrons. The maximum atomic E-state index is 12.0. The average Bonchev–Trinajstić information content (AvgIpc) is 2.61. The van der Waals surface area contributed by atoms with Gasteiger partial charge in [-0.15, -0.1) is 11.3 Å². The first-order chi connectivity index (χ1) is 7.13. The third-order valence-corrected chi connectivity index (χ3v) is 3.97. The van der Waals surface area contributed by atoms with Crippen LogP contribution in [0.1, 0.15) is 40.9 Å². The average molecular weight is 225 g/mol. The number of hydrogen-bond donors (Lipinski definition) is 0. The van der Waals surface area contributed by atoms with Gasteiger partial charge in [0.15, 0.2) is 0 Å². The van der Waals surface area contributed by atoms with Crippen LogP contribution in [0.2, 0.25) is 0 Å². The van der Waals surface area contributed by atoms with Crippen molar-refractivity contribution in [2.24, 2.45) is 0 Å². The smallest absolute Gasteiger partial charge is 0.263 e. The van der Waals surface area contributed by atoms with Gasteiger partial charge in [-0.3, -0.25) is 4.79 Å². The lowest BCUT2D eigenvalue weighted by molar-refractivity contribution is 0.0778. The van der Waals surface area contributed by atoms with Crippen molar-refractivity contribution in [3.8, 4) is 0 Å². The second kappa shape index (κ2) is 5.31. The molecule has 0 aliphatic heterocycles. The van der Waals surface area contributed by atoms with E-state index >= 15 is 0 Å². The molecule has 0 aliphatic rings. The van der Waals surface area contributed by atoms with Gasteiger partial charge in [0.25, 0.3) is 5.91 Å². The molecule has 1 aromatic rings. The number of hydrogen-bond acceptors (Lipinski definition) is 2. The normalized spacial score (nSPS) is 10.4. The largest absolute Gasteiger partial charge is 0.339 e. The molecule has 1 heterocycles. The molecule has 0 aromatic carbocycles. The van der Waals surface area contributed by atoms with Crippen LogP contribution in [-0.4, -0.2) is 23.9 Å². The van der Waals surface area contributed by atoms with E-state index in [0.29, 0.717) is 0 Å². The zero-order valence-electron chi connectivity index (χ0n) is 9.96. The molecular weight excluding hydrogens is 206 g/mol. The van der Waals surface area contributed by atoms with Gasteiger partial charge >= 0.3 is 0 Å². The van der Waals surface area contributed by atoms with E-state index in [0.717, 1.165) is 24.4 Å². The Morgan fingerprint density at radius 3 is 2.33 bits per heavy atom. The van der Waals surface area contributed by atoms with Crippen molar-refractivity contribution in [1.82, 2.24) is 4.90 Å². The Morgan fingerprint density at radius 2 is 1.93 bits per heavy atom. The van der Waals surface area contributed by atoms with Gasteiger partial charge < -0.3 is 4.90 Å². The summed E-state index contributed by atoms with van der Waals surface area (Å²) in [6, 6.07) is 2.02. The summed E-state index contributed by atoms with van der Waals surface area (Å²) in [4.78, 5) is 16.1. The summed E-state index contributed by atoms with van der Waals surface area (Å²) in [6.07, 6.45) is 1.02. The summed E-state index contributed by atoms with van der Waals surface area (Å²) in [5.74, 6) is 0.174. The van der Waals surface area contributed by atoms with Crippen molar-refractivity contribution in [2.45, 2.75) is 34.1 Å². The Morgan fingerprint density at radius 1 is 1.33 bits per heavy atom. The minimum Gasteiger partial charge on any atom is -0.339 e. The molecule has 0 spiro atoms. The molecule has 0 unspecified atom stereocenters. The van der Waals surface area contributed by atoms with E-state index in [4.69, 9.17) is 0 Å². The van der Waals surface area contributed by atoms with Gasteiger partial charge in [-0.25, -0.2) is 0 Å². The fourth-order valence-electron chi connectivity index (χ4n) is 1.64. The van der Waals surface area contributed by atoms with Crippen LogP contribution in [0.15, 0.2) is 6.07 Å². The number of carbonyl (C=O) groups excluding carboxylic acids is 1. The number of amides is 1. The van der Waals surface area contributed by atoms with E-state index in [1.54, 1.807) is 11.3 Å². The van der Waals surface area contributed by atoms with Crippen LogP contribution in [0.3, 0.4) is 0 Å². The maximum Gasteiger partial charge on any atom is 0.263 e. The zero-order chi connectivity index (χ0) is 11.4. The second-order valence-electron chi connectivity index (χ2n) is 3.55. The highest BCUT2D eigenvalue weighted by molar-refractivity contribution is 7.14. The molecule has 15 heavy (non-hydrogen) atoms. The van der Waals surface area contributed by atoms with Crippen LogP contribution >= 0.6 is 11.3 Å². The van der Waals surface area contributed by atoms with Crippen molar-refractivity contribution in [1.29, 1.82) is 0 Å². The molecule has 1 aromatic heterocycles. The number of carbonyl (C=O) groups is 1. The second-order valence-corrected chi connectivity index (χ2v) is 4.68. The first kappa shape index (κ1) is 12.2.